The van der Waals surface area contributed by atoms with Gasteiger partial charge in [-0.2, -0.15) is 0 Å². The van der Waals surface area contributed by atoms with Gasteiger partial charge in [-0.1, -0.05) is 6.07 Å². The van der Waals surface area contributed by atoms with Crippen LogP contribution in [0.4, 0.5) is 0 Å². The van der Waals surface area contributed by atoms with Gasteiger partial charge in [0.15, 0.2) is 0 Å². The Morgan fingerprint density at radius 1 is 1.19 bits per heavy atom. The number of carbonyl (C=O) groups is 1. The summed E-state index contributed by atoms with van der Waals surface area (Å²) in [5, 5.41) is 0. The van der Waals surface area contributed by atoms with Crippen molar-refractivity contribution in [2.24, 2.45) is 5.92 Å². The second kappa shape index (κ2) is 5.15. The summed E-state index contributed by atoms with van der Waals surface area (Å²) in [6.07, 6.45) is 6.21. The van der Waals surface area contributed by atoms with Crippen LogP contribution in [0.15, 0.2) is 30.6 Å². The second-order valence-corrected chi connectivity index (χ2v) is 6.05. The first-order chi connectivity index (χ1) is 10.3. The molecule has 3 heterocycles. The van der Waals surface area contributed by atoms with Gasteiger partial charge in [0.1, 0.15) is 5.65 Å². The van der Waals surface area contributed by atoms with Gasteiger partial charge in [-0.25, -0.2) is 4.98 Å². The maximum Gasteiger partial charge on any atom is 0.225 e. The minimum atomic E-state index is 0.343. The van der Waals surface area contributed by atoms with Gasteiger partial charge in [0, 0.05) is 44.8 Å². The summed E-state index contributed by atoms with van der Waals surface area (Å²) in [4.78, 5) is 20.9. The molecule has 0 radical (unpaired) electrons. The molecule has 1 aliphatic carbocycles. The highest BCUT2D eigenvalue weighted by Crippen LogP contribution is 2.31. The van der Waals surface area contributed by atoms with Crippen LogP contribution in [0, 0.1) is 5.92 Å². The summed E-state index contributed by atoms with van der Waals surface area (Å²) in [5.74, 6) is 0.722. The number of amides is 1. The predicted molar refractivity (Wildman–Crippen MR) is 79.8 cm³/mol. The Bertz CT molecular complexity index is 653. The van der Waals surface area contributed by atoms with E-state index in [-0.39, 0.29) is 0 Å². The molecule has 0 spiro atoms. The highest BCUT2D eigenvalue weighted by atomic mass is 16.2. The van der Waals surface area contributed by atoms with Crippen LogP contribution < -0.4 is 0 Å². The normalized spacial score (nSPS) is 20.1. The predicted octanol–water partition coefficient (Wildman–Crippen LogP) is 1.39. The third kappa shape index (κ3) is 2.53. The largest absolute Gasteiger partial charge is 0.340 e. The van der Waals surface area contributed by atoms with Crippen LogP contribution in [0.25, 0.3) is 5.65 Å². The van der Waals surface area contributed by atoms with Crippen LogP contribution in [0.1, 0.15) is 18.5 Å². The maximum atomic E-state index is 12.1. The zero-order valence-corrected chi connectivity index (χ0v) is 12.1. The second-order valence-electron chi connectivity index (χ2n) is 6.05. The Morgan fingerprint density at radius 2 is 2.00 bits per heavy atom. The van der Waals surface area contributed by atoms with Crippen molar-refractivity contribution >= 4 is 11.6 Å². The quantitative estimate of drug-likeness (QED) is 0.855. The Labute approximate surface area is 124 Å². The van der Waals surface area contributed by atoms with Crippen molar-refractivity contribution < 1.29 is 4.79 Å². The molecular formula is C16H20N4O. The lowest BCUT2D eigenvalue weighted by atomic mass is 10.2. The summed E-state index contributed by atoms with van der Waals surface area (Å²) in [6, 6.07) is 6.06. The van der Waals surface area contributed by atoms with Crippen LogP contribution >= 0.6 is 0 Å². The lowest BCUT2D eigenvalue weighted by Gasteiger charge is -2.34. The summed E-state index contributed by atoms with van der Waals surface area (Å²) >= 11 is 0. The number of nitrogens with zero attached hydrogens (tertiary/aromatic N) is 4. The standard InChI is InChI=1S/C16H20N4O/c21-16(13-4-5-13)19-9-7-18(8-10-19)12-14-11-17-15-3-1-2-6-20(14)15/h1-3,6,11,13H,4-5,7-10,12H2. The van der Waals surface area contributed by atoms with Crippen molar-refractivity contribution in [1.82, 2.24) is 19.2 Å². The number of fused-ring (bicyclic) bond motifs is 1. The number of imidazole rings is 1. The van der Waals surface area contributed by atoms with Gasteiger partial charge in [-0.15, -0.1) is 0 Å². The van der Waals surface area contributed by atoms with E-state index in [2.05, 4.69) is 20.5 Å². The lowest BCUT2D eigenvalue weighted by molar-refractivity contribution is -0.134. The van der Waals surface area contributed by atoms with Gasteiger partial charge in [0.25, 0.3) is 0 Å². The third-order valence-electron chi connectivity index (χ3n) is 4.49. The van der Waals surface area contributed by atoms with E-state index in [4.69, 9.17) is 0 Å². The molecule has 2 aromatic rings. The molecule has 110 valence electrons. The fraction of sp³-hybridized carbons (Fsp3) is 0.500. The number of aromatic nitrogens is 2. The minimum Gasteiger partial charge on any atom is -0.340 e. The van der Waals surface area contributed by atoms with E-state index >= 15 is 0 Å². The van der Waals surface area contributed by atoms with Crippen LogP contribution in [0.2, 0.25) is 0 Å². The molecular weight excluding hydrogens is 264 g/mol. The molecule has 0 N–H and O–H groups in total. The zero-order chi connectivity index (χ0) is 14.2. The van der Waals surface area contributed by atoms with Gasteiger partial charge in [-0.3, -0.25) is 9.69 Å². The first-order valence-corrected chi connectivity index (χ1v) is 7.73. The number of rotatable bonds is 3. The average Bonchev–Trinajstić information content (AvgIpc) is 3.30. The van der Waals surface area contributed by atoms with Crippen molar-refractivity contribution in [1.29, 1.82) is 0 Å². The smallest absolute Gasteiger partial charge is 0.225 e. The van der Waals surface area contributed by atoms with E-state index in [1.807, 2.05) is 29.3 Å². The van der Waals surface area contributed by atoms with E-state index in [9.17, 15) is 4.79 Å². The average molecular weight is 284 g/mol. The van der Waals surface area contributed by atoms with Crippen molar-refractivity contribution in [3.8, 4) is 0 Å². The monoisotopic (exact) mass is 284 g/mol. The van der Waals surface area contributed by atoms with E-state index in [0.717, 1.165) is 51.2 Å². The molecule has 1 amide bonds. The van der Waals surface area contributed by atoms with E-state index in [0.29, 0.717) is 11.8 Å². The van der Waals surface area contributed by atoms with Crippen molar-refractivity contribution in [2.75, 3.05) is 26.2 Å². The van der Waals surface area contributed by atoms with Gasteiger partial charge in [0.2, 0.25) is 5.91 Å². The number of hydrogen-bond donors (Lipinski definition) is 0. The highest BCUT2D eigenvalue weighted by Gasteiger charge is 2.34. The van der Waals surface area contributed by atoms with Crippen molar-refractivity contribution in [3.63, 3.8) is 0 Å². The van der Waals surface area contributed by atoms with Crippen LogP contribution in [0.3, 0.4) is 0 Å². The van der Waals surface area contributed by atoms with Gasteiger partial charge < -0.3 is 9.30 Å². The Morgan fingerprint density at radius 3 is 2.76 bits per heavy atom. The first kappa shape index (κ1) is 12.8. The maximum absolute atomic E-state index is 12.1. The molecule has 0 aromatic carbocycles. The van der Waals surface area contributed by atoms with Crippen LogP contribution in [-0.2, 0) is 11.3 Å². The molecule has 1 aliphatic heterocycles. The van der Waals surface area contributed by atoms with E-state index in [1.165, 1.54) is 5.69 Å². The fourth-order valence-electron chi connectivity index (χ4n) is 3.05. The van der Waals surface area contributed by atoms with E-state index < -0.39 is 0 Å². The summed E-state index contributed by atoms with van der Waals surface area (Å²) in [5.41, 5.74) is 2.21. The molecule has 2 aliphatic rings. The Kier molecular flexibility index (Phi) is 3.15. The Hall–Kier alpha value is -1.88. The first-order valence-electron chi connectivity index (χ1n) is 7.73. The zero-order valence-electron chi connectivity index (χ0n) is 12.1. The summed E-state index contributed by atoms with van der Waals surface area (Å²) < 4.78 is 2.14. The molecule has 5 heteroatoms. The molecule has 21 heavy (non-hydrogen) atoms. The lowest BCUT2D eigenvalue weighted by Crippen LogP contribution is -2.48. The number of hydrogen-bond acceptors (Lipinski definition) is 3. The summed E-state index contributed by atoms with van der Waals surface area (Å²) in [7, 11) is 0. The fourth-order valence-corrected chi connectivity index (χ4v) is 3.05. The number of piperazine rings is 1. The van der Waals surface area contributed by atoms with E-state index in [1.54, 1.807) is 0 Å². The molecule has 5 nitrogen and oxygen atoms in total. The third-order valence-corrected chi connectivity index (χ3v) is 4.49. The minimum absolute atomic E-state index is 0.343. The molecule has 0 atom stereocenters. The molecule has 2 aromatic heterocycles. The van der Waals surface area contributed by atoms with Gasteiger partial charge in [-0.05, 0) is 25.0 Å². The Balaban J connectivity index is 1.39. The number of carbonyl (C=O) groups excluding carboxylic acids is 1. The topological polar surface area (TPSA) is 40.9 Å². The summed E-state index contributed by atoms with van der Waals surface area (Å²) in [6.45, 7) is 4.55. The molecule has 0 bridgehead atoms. The van der Waals surface area contributed by atoms with Crippen LogP contribution in [0.5, 0.6) is 0 Å². The SMILES string of the molecule is O=C(C1CC1)N1CCN(Cc2cnc3ccccn23)CC1. The molecule has 2 fully saturated rings. The van der Waals surface area contributed by atoms with Gasteiger partial charge >= 0.3 is 0 Å². The highest BCUT2D eigenvalue weighted by molar-refractivity contribution is 5.81. The van der Waals surface area contributed by atoms with Crippen molar-refractivity contribution in [2.45, 2.75) is 19.4 Å². The van der Waals surface area contributed by atoms with Gasteiger partial charge in [0.05, 0.1) is 11.9 Å². The molecule has 4 rings (SSSR count). The van der Waals surface area contributed by atoms with Crippen LogP contribution in [-0.4, -0.2) is 51.3 Å². The van der Waals surface area contributed by atoms with Crippen molar-refractivity contribution in [3.05, 3.63) is 36.3 Å². The molecule has 0 unspecified atom stereocenters. The number of pyridine rings is 1. The molecule has 1 saturated carbocycles. The molecule has 1 saturated heterocycles.